The van der Waals surface area contributed by atoms with Crippen LogP contribution in [0.4, 0.5) is 0 Å². The molecule has 0 atom stereocenters. The van der Waals surface area contributed by atoms with E-state index in [1.807, 2.05) is 0 Å². The van der Waals surface area contributed by atoms with E-state index in [1.165, 1.54) is 12.5 Å². The summed E-state index contributed by atoms with van der Waals surface area (Å²) in [6.45, 7) is 0. The van der Waals surface area contributed by atoms with Crippen LogP contribution in [-0.2, 0) is 0 Å². The third kappa shape index (κ3) is 0.676. The fourth-order valence-corrected chi connectivity index (χ4v) is 0.368. The van der Waals surface area contributed by atoms with Crippen LogP contribution in [0.1, 0.15) is 10.5 Å². The van der Waals surface area contributed by atoms with E-state index in [4.69, 9.17) is 0 Å². The summed E-state index contributed by atoms with van der Waals surface area (Å²) in [6, 6.07) is 0. The summed E-state index contributed by atoms with van der Waals surface area (Å²) in [5.74, 6) is -1.23. The molecule has 0 aliphatic rings. The summed E-state index contributed by atoms with van der Waals surface area (Å²) >= 11 is 0. The number of aromatic nitrogens is 2. The minimum Gasteiger partial charge on any atom is -0.543 e. The van der Waals surface area contributed by atoms with E-state index >= 15 is 0 Å². The molecule has 0 aliphatic carbocycles. The minimum absolute atomic E-state index is 0.00463. The predicted octanol–water partition coefficient (Wildman–Crippen LogP) is -1.23. The van der Waals surface area contributed by atoms with Crippen molar-refractivity contribution in [2.45, 2.75) is 0 Å². The zero-order chi connectivity index (χ0) is 5.98. The number of aromatic amines is 1. The van der Waals surface area contributed by atoms with E-state index in [2.05, 4.69) is 9.97 Å². The van der Waals surface area contributed by atoms with Crippen LogP contribution in [0, 0.1) is 0 Å². The number of nitrogens with one attached hydrogen (secondary N) is 1. The van der Waals surface area contributed by atoms with Crippen molar-refractivity contribution < 1.29 is 9.90 Å². The largest absolute Gasteiger partial charge is 0.543 e. The van der Waals surface area contributed by atoms with Crippen molar-refractivity contribution in [1.29, 1.82) is 0 Å². The Kier molecular flexibility index (Phi) is 0.997. The molecule has 0 amide bonds. The number of rotatable bonds is 1. The van der Waals surface area contributed by atoms with Gasteiger partial charge < -0.3 is 14.9 Å². The van der Waals surface area contributed by atoms with Crippen molar-refractivity contribution in [3.63, 3.8) is 0 Å². The topological polar surface area (TPSA) is 68.8 Å². The van der Waals surface area contributed by atoms with E-state index < -0.39 is 5.97 Å². The Balaban J connectivity index is 2.93. The highest BCUT2D eigenvalue weighted by Gasteiger charge is 1.88. The first kappa shape index (κ1) is 4.83. The number of aromatic carboxylic acids is 1. The highest BCUT2D eigenvalue weighted by Crippen LogP contribution is 1.84. The first-order valence-corrected chi connectivity index (χ1v) is 2.00. The van der Waals surface area contributed by atoms with E-state index in [0.717, 1.165) is 0 Å². The van der Waals surface area contributed by atoms with E-state index in [0.29, 0.717) is 0 Å². The van der Waals surface area contributed by atoms with Gasteiger partial charge in [0.05, 0.1) is 24.2 Å². The average Bonchev–Trinajstić information content (AvgIpc) is 2.12. The van der Waals surface area contributed by atoms with Crippen molar-refractivity contribution in [2.24, 2.45) is 0 Å². The van der Waals surface area contributed by atoms with Crippen LogP contribution in [0.2, 0.25) is 0 Å². The number of H-pyrrole nitrogens is 1. The van der Waals surface area contributed by atoms with Gasteiger partial charge in [0.1, 0.15) is 0 Å². The van der Waals surface area contributed by atoms with Gasteiger partial charge in [0, 0.05) is 0 Å². The number of nitrogens with zero attached hydrogens (tertiary/aromatic N) is 1. The lowest BCUT2D eigenvalue weighted by Crippen LogP contribution is -2.22. The Morgan fingerprint density at radius 1 is 1.88 bits per heavy atom. The van der Waals surface area contributed by atoms with Crippen LogP contribution < -0.4 is 5.11 Å². The Bertz CT molecular complexity index is 180. The zero-order valence-corrected chi connectivity index (χ0v) is 3.92. The number of hydrogen-bond donors (Lipinski definition) is 1. The SMILES string of the molecule is O=C([O-])c1cnc[nH]1. The predicted molar refractivity (Wildman–Crippen MR) is 22.9 cm³/mol. The number of carbonyl (C=O) groups excluding carboxylic acids is 1. The maximum atomic E-state index is 9.88. The van der Waals surface area contributed by atoms with Crippen molar-refractivity contribution in [1.82, 2.24) is 9.97 Å². The molecular weight excluding hydrogens is 108 g/mol. The summed E-state index contributed by atoms with van der Waals surface area (Å²) in [5, 5.41) is 9.88. The van der Waals surface area contributed by atoms with Gasteiger partial charge in [0.2, 0.25) is 0 Å². The second kappa shape index (κ2) is 1.65. The molecule has 0 fully saturated rings. The first-order valence-electron chi connectivity index (χ1n) is 2.00. The highest BCUT2D eigenvalue weighted by atomic mass is 16.4. The second-order valence-corrected chi connectivity index (χ2v) is 1.25. The van der Waals surface area contributed by atoms with Crippen LogP contribution in [0.3, 0.4) is 0 Å². The number of hydrogen-bond acceptors (Lipinski definition) is 3. The van der Waals surface area contributed by atoms with Gasteiger partial charge in [-0.1, -0.05) is 0 Å². The lowest BCUT2D eigenvalue weighted by atomic mass is 10.5. The molecule has 0 saturated heterocycles. The average molecular weight is 111 g/mol. The molecule has 1 aromatic heterocycles. The molecule has 4 heteroatoms. The molecule has 8 heavy (non-hydrogen) atoms. The van der Waals surface area contributed by atoms with Crippen molar-refractivity contribution in [2.75, 3.05) is 0 Å². The van der Waals surface area contributed by atoms with Crippen LogP contribution in [0.25, 0.3) is 0 Å². The van der Waals surface area contributed by atoms with E-state index in [9.17, 15) is 9.90 Å². The lowest BCUT2D eigenvalue weighted by Gasteiger charge is -1.91. The summed E-state index contributed by atoms with van der Waals surface area (Å²) < 4.78 is 0. The molecule has 0 aromatic carbocycles. The van der Waals surface area contributed by atoms with Gasteiger partial charge in [0.15, 0.2) is 0 Å². The zero-order valence-electron chi connectivity index (χ0n) is 3.92. The third-order valence-electron chi connectivity index (χ3n) is 0.718. The second-order valence-electron chi connectivity index (χ2n) is 1.25. The maximum absolute atomic E-state index is 9.88. The molecule has 1 aromatic rings. The lowest BCUT2D eigenvalue weighted by molar-refractivity contribution is -0.255. The van der Waals surface area contributed by atoms with Gasteiger partial charge >= 0.3 is 0 Å². The molecule has 1 N–H and O–H groups in total. The van der Waals surface area contributed by atoms with Gasteiger partial charge in [-0.3, -0.25) is 0 Å². The molecule has 4 nitrogen and oxygen atoms in total. The Morgan fingerprint density at radius 3 is 2.88 bits per heavy atom. The molecular formula is C4H3N2O2-. The minimum atomic E-state index is -1.23. The quantitative estimate of drug-likeness (QED) is 0.493. The molecule has 0 aliphatic heterocycles. The highest BCUT2D eigenvalue weighted by molar-refractivity contribution is 5.82. The van der Waals surface area contributed by atoms with Gasteiger partial charge in [-0.2, -0.15) is 0 Å². The first-order chi connectivity index (χ1) is 3.80. The fraction of sp³-hybridized carbons (Fsp3) is 0. The van der Waals surface area contributed by atoms with Crippen molar-refractivity contribution >= 4 is 5.97 Å². The number of carboxylic acids is 1. The summed E-state index contributed by atoms with van der Waals surface area (Å²) in [7, 11) is 0. The molecule has 0 radical (unpaired) electrons. The Morgan fingerprint density at radius 2 is 2.62 bits per heavy atom. The molecule has 0 saturated carbocycles. The van der Waals surface area contributed by atoms with E-state index in [-0.39, 0.29) is 5.69 Å². The van der Waals surface area contributed by atoms with Gasteiger partial charge in [0.25, 0.3) is 0 Å². The van der Waals surface area contributed by atoms with Crippen molar-refractivity contribution in [3.8, 4) is 0 Å². The normalized spacial score (nSPS) is 9.00. The number of carboxylic acid groups (broad SMARTS) is 1. The molecule has 0 spiro atoms. The van der Waals surface area contributed by atoms with E-state index in [1.54, 1.807) is 0 Å². The molecule has 42 valence electrons. The Hall–Kier alpha value is -1.32. The standard InChI is InChI=1S/C4H4N2O2/c7-4(8)3-1-5-2-6-3/h1-2H,(H,5,6)(H,7,8)/p-1. The maximum Gasteiger partial charge on any atom is 0.0924 e. The van der Waals surface area contributed by atoms with Crippen LogP contribution >= 0.6 is 0 Å². The van der Waals surface area contributed by atoms with Crippen LogP contribution in [0.15, 0.2) is 12.5 Å². The smallest absolute Gasteiger partial charge is 0.0924 e. The molecule has 0 unspecified atom stereocenters. The monoisotopic (exact) mass is 111 g/mol. The van der Waals surface area contributed by atoms with Gasteiger partial charge in [-0.05, 0) is 0 Å². The van der Waals surface area contributed by atoms with Crippen LogP contribution in [0.5, 0.6) is 0 Å². The van der Waals surface area contributed by atoms with Gasteiger partial charge in [-0.15, -0.1) is 0 Å². The Labute approximate surface area is 45.2 Å². The summed E-state index contributed by atoms with van der Waals surface area (Å²) in [6.07, 6.45) is 2.47. The summed E-state index contributed by atoms with van der Waals surface area (Å²) in [5.41, 5.74) is 0.00463. The third-order valence-corrected chi connectivity index (χ3v) is 0.718. The number of carbonyl (C=O) groups is 1. The van der Waals surface area contributed by atoms with Gasteiger partial charge in [-0.25, -0.2) is 4.98 Å². The molecule has 1 rings (SSSR count). The van der Waals surface area contributed by atoms with Crippen LogP contribution in [-0.4, -0.2) is 15.9 Å². The summed E-state index contributed by atoms with van der Waals surface area (Å²) in [4.78, 5) is 15.7. The molecule has 0 bridgehead atoms. The van der Waals surface area contributed by atoms with Crippen molar-refractivity contribution in [3.05, 3.63) is 18.2 Å². The fourth-order valence-electron chi connectivity index (χ4n) is 0.368. The number of imidazole rings is 1. The molecule has 1 heterocycles.